The SMILES string of the molecule is CCC(C)CC(C(=O)O)c1c(C)n(C(=O)c2ccc(F)c(F)c2)c2ccc(O)c(F)c12. The summed E-state index contributed by atoms with van der Waals surface area (Å²) in [5, 5.41) is 19.6. The van der Waals surface area contributed by atoms with E-state index in [4.69, 9.17) is 0 Å². The first-order valence-corrected chi connectivity index (χ1v) is 9.83. The number of benzene rings is 2. The summed E-state index contributed by atoms with van der Waals surface area (Å²) in [5.41, 5.74) is 0.0812. The fraction of sp³-hybridized carbons (Fsp3) is 0.304. The predicted octanol–water partition coefficient (Wildman–Crippen LogP) is 5.37. The zero-order valence-corrected chi connectivity index (χ0v) is 17.2. The summed E-state index contributed by atoms with van der Waals surface area (Å²) >= 11 is 0. The maximum absolute atomic E-state index is 15.0. The van der Waals surface area contributed by atoms with Crippen LogP contribution in [0.25, 0.3) is 10.9 Å². The first kappa shape index (κ1) is 22.4. The standard InChI is InChI=1S/C23H22F3NO4/c1-4-11(2)9-14(23(30)31)19-12(3)27(17-7-8-18(28)21(26)20(17)19)22(29)13-5-6-15(24)16(25)10-13/h5-8,10-11,14,28H,4,9H2,1-3H3,(H,30,31). The molecular weight excluding hydrogens is 411 g/mol. The fourth-order valence-electron chi connectivity index (χ4n) is 3.84. The third-order valence-electron chi connectivity index (χ3n) is 5.69. The Hall–Kier alpha value is -3.29. The number of phenols is 1. The Kier molecular flexibility index (Phi) is 6.10. The largest absolute Gasteiger partial charge is 0.505 e. The minimum absolute atomic E-state index is 0.00108. The third kappa shape index (κ3) is 3.89. The molecule has 1 aromatic heterocycles. The van der Waals surface area contributed by atoms with Gasteiger partial charge in [-0.25, -0.2) is 13.2 Å². The number of carbonyl (C=O) groups excluding carboxylic acids is 1. The number of nitrogens with zero attached hydrogens (tertiary/aromatic N) is 1. The van der Waals surface area contributed by atoms with Gasteiger partial charge < -0.3 is 10.2 Å². The van der Waals surface area contributed by atoms with Crippen molar-refractivity contribution in [3.63, 3.8) is 0 Å². The monoisotopic (exact) mass is 433 g/mol. The summed E-state index contributed by atoms with van der Waals surface area (Å²) in [6, 6.07) is 4.98. The van der Waals surface area contributed by atoms with Gasteiger partial charge in [-0.2, -0.15) is 0 Å². The van der Waals surface area contributed by atoms with Crippen molar-refractivity contribution in [1.82, 2.24) is 4.57 Å². The van der Waals surface area contributed by atoms with Crippen LogP contribution in [0.1, 0.15) is 54.2 Å². The summed E-state index contributed by atoms with van der Waals surface area (Å²) in [6.07, 6.45) is 0.892. The van der Waals surface area contributed by atoms with E-state index in [-0.39, 0.29) is 40.1 Å². The van der Waals surface area contributed by atoms with Crippen molar-refractivity contribution in [2.24, 2.45) is 5.92 Å². The topological polar surface area (TPSA) is 79.5 Å². The highest BCUT2D eigenvalue weighted by Gasteiger charge is 2.32. The molecular formula is C23H22F3NO4. The van der Waals surface area contributed by atoms with Gasteiger partial charge in [-0.15, -0.1) is 0 Å². The molecule has 3 rings (SSSR count). The molecule has 0 radical (unpaired) electrons. The molecule has 0 saturated heterocycles. The molecule has 0 aliphatic rings. The Morgan fingerprint density at radius 1 is 1.10 bits per heavy atom. The van der Waals surface area contributed by atoms with Gasteiger partial charge in [-0.05, 0) is 55.2 Å². The Labute approximate surface area is 176 Å². The summed E-state index contributed by atoms with van der Waals surface area (Å²) in [7, 11) is 0. The van der Waals surface area contributed by atoms with Crippen molar-refractivity contribution in [2.45, 2.75) is 39.5 Å². The van der Waals surface area contributed by atoms with Crippen LogP contribution in [0, 0.1) is 30.3 Å². The van der Waals surface area contributed by atoms with Crippen LogP contribution in [0.4, 0.5) is 13.2 Å². The first-order chi connectivity index (χ1) is 14.6. The molecule has 1 heterocycles. The minimum Gasteiger partial charge on any atom is -0.505 e. The molecule has 0 spiro atoms. The summed E-state index contributed by atoms with van der Waals surface area (Å²) < 4.78 is 43.1. The summed E-state index contributed by atoms with van der Waals surface area (Å²) in [5.74, 6) is -7.16. The molecule has 164 valence electrons. The summed E-state index contributed by atoms with van der Waals surface area (Å²) in [4.78, 5) is 25.3. The Morgan fingerprint density at radius 3 is 2.35 bits per heavy atom. The van der Waals surface area contributed by atoms with Crippen molar-refractivity contribution >= 4 is 22.8 Å². The zero-order valence-electron chi connectivity index (χ0n) is 17.2. The Morgan fingerprint density at radius 2 is 1.77 bits per heavy atom. The second-order valence-corrected chi connectivity index (χ2v) is 7.70. The first-order valence-electron chi connectivity index (χ1n) is 9.83. The molecule has 5 nitrogen and oxygen atoms in total. The molecule has 0 fully saturated rings. The van der Waals surface area contributed by atoms with Crippen LogP contribution >= 0.6 is 0 Å². The molecule has 0 saturated carbocycles. The number of aliphatic carboxylic acids is 1. The van der Waals surface area contributed by atoms with Gasteiger partial charge in [-0.1, -0.05) is 20.3 Å². The number of halogens is 3. The molecule has 2 atom stereocenters. The number of rotatable bonds is 6. The number of phenolic OH excluding ortho intramolecular Hbond substituents is 1. The van der Waals surface area contributed by atoms with Gasteiger partial charge in [-0.3, -0.25) is 14.2 Å². The van der Waals surface area contributed by atoms with Gasteiger partial charge in [0.05, 0.1) is 11.4 Å². The lowest BCUT2D eigenvalue weighted by Gasteiger charge is -2.18. The second-order valence-electron chi connectivity index (χ2n) is 7.70. The molecule has 31 heavy (non-hydrogen) atoms. The van der Waals surface area contributed by atoms with Crippen molar-refractivity contribution in [3.05, 3.63) is 64.6 Å². The van der Waals surface area contributed by atoms with Crippen LogP contribution in [-0.4, -0.2) is 26.7 Å². The number of fused-ring (bicyclic) bond motifs is 1. The smallest absolute Gasteiger partial charge is 0.311 e. The Balaban J connectivity index is 2.32. The van der Waals surface area contributed by atoms with Gasteiger partial charge in [0, 0.05) is 16.6 Å². The number of carbonyl (C=O) groups is 2. The van der Waals surface area contributed by atoms with E-state index in [1.165, 1.54) is 13.0 Å². The highest BCUT2D eigenvalue weighted by molar-refractivity contribution is 6.05. The molecule has 8 heteroatoms. The number of hydrogen-bond acceptors (Lipinski definition) is 3. The van der Waals surface area contributed by atoms with Crippen molar-refractivity contribution in [1.29, 1.82) is 0 Å². The lowest BCUT2D eigenvalue weighted by atomic mass is 9.87. The van der Waals surface area contributed by atoms with Crippen LogP contribution in [0.2, 0.25) is 0 Å². The summed E-state index contributed by atoms with van der Waals surface area (Å²) in [6.45, 7) is 5.24. The van der Waals surface area contributed by atoms with E-state index in [9.17, 15) is 28.6 Å². The normalized spacial score (nSPS) is 13.4. The van der Waals surface area contributed by atoms with Gasteiger partial charge in [0.2, 0.25) is 0 Å². The van der Waals surface area contributed by atoms with Crippen molar-refractivity contribution in [3.8, 4) is 5.75 Å². The minimum atomic E-state index is -1.22. The van der Waals surface area contributed by atoms with Crippen molar-refractivity contribution in [2.75, 3.05) is 0 Å². The van der Waals surface area contributed by atoms with E-state index < -0.39 is 41.0 Å². The number of carboxylic acid groups (broad SMARTS) is 1. The maximum Gasteiger partial charge on any atom is 0.311 e. The van der Waals surface area contributed by atoms with Gasteiger partial charge in [0.1, 0.15) is 0 Å². The van der Waals surface area contributed by atoms with Gasteiger partial charge in [0.15, 0.2) is 23.2 Å². The van der Waals surface area contributed by atoms with Crippen LogP contribution in [-0.2, 0) is 4.79 Å². The van der Waals surface area contributed by atoms with Crippen LogP contribution in [0.3, 0.4) is 0 Å². The molecule has 0 bridgehead atoms. The van der Waals surface area contributed by atoms with E-state index in [0.717, 1.165) is 28.8 Å². The van der Waals surface area contributed by atoms with E-state index >= 15 is 4.39 Å². The number of aromatic nitrogens is 1. The average Bonchev–Trinajstić information content (AvgIpc) is 3.02. The highest BCUT2D eigenvalue weighted by atomic mass is 19.2. The average molecular weight is 433 g/mol. The number of carboxylic acids is 1. The Bertz CT molecular complexity index is 1190. The van der Waals surface area contributed by atoms with Crippen molar-refractivity contribution < 1.29 is 33.0 Å². The lowest BCUT2D eigenvalue weighted by Crippen LogP contribution is -2.18. The second kappa shape index (κ2) is 8.45. The van der Waals surface area contributed by atoms with E-state index in [0.29, 0.717) is 6.42 Å². The molecule has 0 aliphatic heterocycles. The van der Waals surface area contributed by atoms with Gasteiger partial charge in [0.25, 0.3) is 5.91 Å². The molecule has 0 amide bonds. The van der Waals surface area contributed by atoms with Crippen LogP contribution < -0.4 is 0 Å². The zero-order chi connectivity index (χ0) is 23.0. The quantitative estimate of drug-likeness (QED) is 0.548. The predicted molar refractivity (Wildman–Crippen MR) is 109 cm³/mol. The molecule has 0 aliphatic carbocycles. The van der Waals surface area contributed by atoms with E-state index in [1.807, 2.05) is 13.8 Å². The third-order valence-corrected chi connectivity index (χ3v) is 5.69. The highest BCUT2D eigenvalue weighted by Crippen LogP contribution is 2.39. The lowest BCUT2D eigenvalue weighted by molar-refractivity contribution is -0.139. The molecule has 2 aromatic carbocycles. The van der Waals surface area contributed by atoms with E-state index in [1.54, 1.807) is 0 Å². The van der Waals surface area contributed by atoms with Crippen LogP contribution in [0.15, 0.2) is 30.3 Å². The molecule has 3 aromatic rings. The molecule has 2 N–H and O–H groups in total. The number of hydrogen-bond donors (Lipinski definition) is 2. The fourth-order valence-corrected chi connectivity index (χ4v) is 3.84. The molecule has 2 unspecified atom stereocenters. The number of aromatic hydroxyl groups is 1. The van der Waals surface area contributed by atoms with Gasteiger partial charge >= 0.3 is 5.97 Å². The van der Waals surface area contributed by atoms with Crippen LogP contribution in [0.5, 0.6) is 5.75 Å². The maximum atomic E-state index is 15.0. The van der Waals surface area contributed by atoms with E-state index in [2.05, 4.69) is 0 Å².